The molecular weight excluding hydrogens is 156 g/mol. The van der Waals surface area contributed by atoms with Gasteiger partial charge in [-0.2, -0.15) is 0 Å². The van der Waals surface area contributed by atoms with E-state index in [1.54, 1.807) is 5.57 Å². The van der Waals surface area contributed by atoms with Crippen LogP contribution in [0.25, 0.3) is 0 Å². The lowest BCUT2D eigenvalue weighted by Gasteiger charge is -2.27. The van der Waals surface area contributed by atoms with Gasteiger partial charge >= 0.3 is 0 Å². The minimum Gasteiger partial charge on any atom is -0.0856 e. The highest BCUT2D eigenvalue weighted by molar-refractivity contribution is 5.03. The SMILES string of the molecule is CCC=C(C)C(C)C(CC)C(C)C. The standard InChI is InChI=1S/C13H26/c1-7-9-11(5)12(6)13(8-2)10(3)4/h9-10,12-13H,7-8H2,1-6H3. The van der Waals surface area contributed by atoms with Crippen molar-refractivity contribution in [3.63, 3.8) is 0 Å². The predicted molar refractivity (Wildman–Crippen MR) is 61.8 cm³/mol. The fourth-order valence-electron chi connectivity index (χ4n) is 2.25. The van der Waals surface area contributed by atoms with Crippen LogP contribution in [0.5, 0.6) is 0 Å². The van der Waals surface area contributed by atoms with Crippen LogP contribution in [0.2, 0.25) is 0 Å². The number of rotatable bonds is 5. The van der Waals surface area contributed by atoms with Gasteiger partial charge in [-0.25, -0.2) is 0 Å². The van der Waals surface area contributed by atoms with E-state index < -0.39 is 0 Å². The lowest BCUT2D eigenvalue weighted by molar-refractivity contribution is 0.292. The summed E-state index contributed by atoms with van der Waals surface area (Å²) in [5.74, 6) is 2.41. The Morgan fingerprint density at radius 1 is 1.15 bits per heavy atom. The van der Waals surface area contributed by atoms with Gasteiger partial charge in [0.05, 0.1) is 0 Å². The molecule has 0 saturated heterocycles. The molecule has 0 aliphatic rings. The van der Waals surface area contributed by atoms with Gasteiger partial charge in [0.15, 0.2) is 0 Å². The molecule has 78 valence electrons. The fraction of sp³-hybridized carbons (Fsp3) is 0.846. The van der Waals surface area contributed by atoms with Gasteiger partial charge in [-0.15, -0.1) is 0 Å². The molecule has 0 radical (unpaired) electrons. The second kappa shape index (κ2) is 6.23. The summed E-state index contributed by atoms with van der Waals surface area (Å²) in [7, 11) is 0. The first-order chi connectivity index (χ1) is 6.04. The third kappa shape index (κ3) is 3.97. The summed E-state index contributed by atoms with van der Waals surface area (Å²) in [5, 5.41) is 0. The van der Waals surface area contributed by atoms with Crippen LogP contribution < -0.4 is 0 Å². The van der Waals surface area contributed by atoms with Crippen LogP contribution in [0.3, 0.4) is 0 Å². The first-order valence-electron chi connectivity index (χ1n) is 5.71. The molecule has 0 aromatic carbocycles. The summed E-state index contributed by atoms with van der Waals surface area (Å²) in [6.45, 7) is 13.8. The van der Waals surface area contributed by atoms with E-state index >= 15 is 0 Å². The Labute approximate surface area is 84.4 Å². The summed E-state index contributed by atoms with van der Waals surface area (Å²) < 4.78 is 0. The van der Waals surface area contributed by atoms with Crippen molar-refractivity contribution in [2.45, 2.75) is 54.4 Å². The smallest absolute Gasteiger partial charge is 0.0204 e. The van der Waals surface area contributed by atoms with Crippen LogP contribution in [-0.2, 0) is 0 Å². The molecule has 0 spiro atoms. The van der Waals surface area contributed by atoms with Crippen molar-refractivity contribution in [3.8, 4) is 0 Å². The van der Waals surface area contributed by atoms with Gasteiger partial charge in [-0.1, -0.05) is 52.7 Å². The maximum atomic E-state index is 2.37. The van der Waals surface area contributed by atoms with Gasteiger partial charge in [0.1, 0.15) is 0 Å². The molecule has 0 aliphatic carbocycles. The zero-order valence-corrected chi connectivity index (χ0v) is 10.2. The Hall–Kier alpha value is -0.260. The van der Waals surface area contributed by atoms with Crippen LogP contribution in [-0.4, -0.2) is 0 Å². The molecule has 0 aromatic rings. The molecule has 0 fully saturated rings. The number of hydrogen-bond donors (Lipinski definition) is 0. The van der Waals surface area contributed by atoms with Crippen LogP contribution in [0.15, 0.2) is 11.6 Å². The molecule has 0 aliphatic heterocycles. The molecule has 0 heteroatoms. The van der Waals surface area contributed by atoms with Crippen molar-refractivity contribution in [2.75, 3.05) is 0 Å². The molecule has 0 amide bonds. The third-order valence-electron chi connectivity index (χ3n) is 3.21. The van der Waals surface area contributed by atoms with E-state index in [0.29, 0.717) is 0 Å². The molecule has 0 rings (SSSR count). The van der Waals surface area contributed by atoms with Crippen LogP contribution >= 0.6 is 0 Å². The predicted octanol–water partition coefficient (Wildman–Crippen LogP) is 4.66. The summed E-state index contributed by atoms with van der Waals surface area (Å²) in [6, 6.07) is 0. The molecule has 0 heterocycles. The summed E-state index contributed by atoms with van der Waals surface area (Å²) in [4.78, 5) is 0. The largest absolute Gasteiger partial charge is 0.0856 e. The second-order valence-corrected chi connectivity index (χ2v) is 4.46. The normalized spacial score (nSPS) is 17.6. The monoisotopic (exact) mass is 182 g/mol. The number of allylic oxidation sites excluding steroid dienone is 2. The van der Waals surface area contributed by atoms with Gasteiger partial charge < -0.3 is 0 Å². The van der Waals surface area contributed by atoms with Crippen LogP contribution in [0.1, 0.15) is 54.4 Å². The Bertz CT molecular complexity index is 153. The third-order valence-corrected chi connectivity index (χ3v) is 3.21. The Morgan fingerprint density at radius 2 is 1.69 bits per heavy atom. The average molecular weight is 182 g/mol. The Morgan fingerprint density at radius 3 is 2.00 bits per heavy atom. The van der Waals surface area contributed by atoms with E-state index in [0.717, 1.165) is 17.8 Å². The van der Waals surface area contributed by atoms with Gasteiger partial charge in [0, 0.05) is 0 Å². The number of hydrogen-bond acceptors (Lipinski definition) is 0. The van der Waals surface area contributed by atoms with Gasteiger partial charge in [0.2, 0.25) is 0 Å². The van der Waals surface area contributed by atoms with E-state index in [1.807, 2.05) is 0 Å². The second-order valence-electron chi connectivity index (χ2n) is 4.46. The highest BCUT2D eigenvalue weighted by Crippen LogP contribution is 2.29. The molecular formula is C13H26. The maximum absolute atomic E-state index is 2.37. The van der Waals surface area contributed by atoms with Crippen LogP contribution in [0.4, 0.5) is 0 Å². The van der Waals surface area contributed by atoms with Crippen molar-refractivity contribution in [1.82, 2.24) is 0 Å². The summed E-state index contributed by atoms with van der Waals surface area (Å²) >= 11 is 0. The van der Waals surface area contributed by atoms with Gasteiger partial charge in [0.25, 0.3) is 0 Å². The molecule has 0 saturated carbocycles. The maximum Gasteiger partial charge on any atom is -0.0204 e. The van der Waals surface area contributed by atoms with E-state index in [1.165, 1.54) is 12.8 Å². The minimum absolute atomic E-state index is 0.755. The highest BCUT2D eigenvalue weighted by atomic mass is 14.2. The Kier molecular flexibility index (Phi) is 6.11. The summed E-state index contributed by atoms with van der Waals surface area (Å²) in [5.41, 5.74) is 1.57. The van der Waals surface area contributed by atoms with E-state index in [-0.39, 0.29) is 0 Å². The first kappa shape index (κ1) is 12.7. The van der Waals surface area contributed by atoms with Crippen molar-refractivity contribution in [1.29, 1.82) is 0 Å². The van der Waals surface area contributed by atoms with Crippen molar-refractivity contribution >= 4 is 0 Å². The van der Waals surface area contributed by atoms with Crippen LogP contribution in [0, 0.1) is 17.8 Å². The van der Waals surface area contributed by atoms with Gasteiger partial charge in [-0.3, -0.25) is 0 Å². The molecule has 2 atom stereocenters. The zero-order chi connectivity index (χ0) is 10.4. The van der Waals surface area contributed by atoms with Gasteiger partial charge in [-0.05, 0) is 31.1 Å². The first-order valence-corrected chi connectivity index (χ1v) is 5.71. The van der Waals surface area contributed by atoms with E-state index in [4.69, 9.17) is 0 Å². The fourth-order valence-corrected chi connectivity index (χ4v) is 2.25. The molecule has 0 aromatic heterocycles. The van der Waals surface area contributed by atoms with E-state index in [2.05, 4.69) is 47.6 Å². The molecule has 0 N–H and O–H groups in total. The highest BCUT2D eigenvalue weighted by Gasteiger charge is 2.19. The lowest BCUT2D eigenvalue weighted by atomic mass is 9.79. The zero-order valence-electron chi connectivity index (χ0n) is 10.2. The van der Waals surface area contributed by atoms with Crippen molar-refractivity contribution < 1.29 is 0 Å². The van der Waals surface area contributed by atoms with Crippen molar-refractivity contribution in [2.24, 2.45) is 17.8 Å². The topological polar surface area (TPSA) is 0 Å². The van der Waals surface area contributed by atoms with Crippen molar-refractivity contribution in [3.05, 3.63) is 11.6 Å². The molecule has 13 heavy (non-hydrogen) atoms. The lowest BCUT2D eigenvalue weighted by Crippen LogP contribution is -2.17. The minimum atomic E-state index is 0.755. The van der Waals surface area contributed by atoms with E-state index in [9.17, 15) is 0 Å². The Balaban J connectivity index is 4.36. The quantitative estimate of drug-likeness (QED) is 0.542. The summed E-state index contributed by atoms with van der Waals surface area (Å²) in [6.07, 6.45) is 4.84. The average Bonchev–Trinajstić information content (AvgIpc) is 2.05. The molecule has 0 bridgehead atoms. The molecule has 2 unspecified atom stereocenters. The molecule has 0 nitrogen and oxygen atoms in total.